The van der Waals surface area contributed by atoms with Gasteiger partial charge in [-0.2, -0.15) is 0 Å². The van der Waals surface area contributed by atoms with E-state index in [1.165, 1.54) is 18.2 Å². The molecule has 0 bridgehead atoms. The molecule has 1 saturated carbocycles. The molecule has 47 heavy (non-hydrogen) atoms. The SMILES string of the molecule is CN1CCN(C2CCN(C(=O)Nc3cc(Oc4cc(F)c(N(C(=O)C5(C(N)=O)CC5)c5ccc(F)cc5)cc4F)ncn3)CC2)CC1. The van der Waals surface area contributed by atoms with Gasteiger partial charge in [0.1, 0.15) is 23.4 Å². The number of nitrogens with two attached hydrogens (primary N) is 1. The Morgan fingerprint density at radius 1 is 0.936 bits per heavy atom. The Hall–Kier alpha value is -4.76. The summed E-state index contributed by atoms with van der Waals surface area (Å²) in [5.41, 5.74) is 3.39. The lowest BCUT2D eigenvalue weighted by atomic mass is 10.0. The molecule has 2 aromatic carbocycles. The fourth-order valence-electron chi connectivity index (χ4n) is 6.01. The maximum atomic E-state index is 15.6. The average molecular weight is 653 g/mol. The number of likely N-dealkylation sites (N-methyl/N-ethyl adjacent to an activating group) is 1. The van der Waals surface area contributed by atoms with Crippen LogP contribution in [-0.2, 0) is 9.59 Å². The van der Waals surface area contributed by atoms with E-state index in [9.17, 15) is 18.8 Å². The number of anilines is 3. The number of hydrogen-bond donors (Lipinski definition) is 2. The van der Waals surface area contributed by atoms with Gasteiger partial charge in [0.25, 0.3) is 0 Å². The van der Waals surface area contributed by atoms with Gasteiger partial charge in [0, 0.05) is 69.2 Å². The summed E-state index contributed by atoms with van der Waals surface area (Å²) in [5.74, 6) is -5.12. The molecule has 0 radical (unpaired) electrons. The smallest absolute Gasteiger partial charge is 0.323 e. The Morgan fingerprint density at radius 2 is 1.62 bits per heavy atom. The molecule has 12 nitrogen and oxygen atoms in total. The van der Waals surface area contributed by atoms with Crippen molar-refractivity contribution in [3.8, 4) is 11.6 Å². The summed E-state index contributed by atoms with van der Waals surface area (Å²) in [4.78, 5) is 53.9. The number of piperidine rings is 1. The molecule has 2 aliphatic heterocycles. The molecular weight excluding hydrogens is 617 g/mol. The number of nitrogens with zero attached hydrogens (tertiary/aromatic N) is 6. The van der Waals surface area contributed by atoms with E-state index in [1.54, 1.807) is 4.90 Å². The minimum atomic E-state index is -1.57. The van der Waals surface area contributed by atoms with Crippen LogP contribution in [0.1, 0.15) is 25.7 Å². The molecule has 3 aromatic rings. The monoisotopic (exact) mass is 652 g/mol. The number of benzene rings is 2. The molecule has 3 heterocycles. The van der Waals surface area contributed by atoms with Crippen LogP contribution in [0.25, 0.3) is 0 Å². The number of carbonyl (C=O) groups excluding carboxylic acids is 3. The molecular formula is C32H35F3N8O4. The van der Waals surface area contributed by atoms with Crippen LogP contribution in [0, 0.1) is 22.9 Å². The number of rotatable bonds is 8. The Morgan fingerprint density at radius 3 is 2.26 bits per heavy atom. The van der Waals surface area contributed by atoms with Crippen LogP contribution in [-0.4, -0.2) is 94.9 Å². The van der Waals surface area contributed by atoms with Crippen molar-refractivity contribution in [3.05, 3.63) is 66.2 Å². The minimum Gasteiger partial charge on any atom is -0.436 e. The molecule has 3 fully saturated rings. The van der Waals surface area contributed by atoms with Gasteiger partial charge in [-0.15, -0.1) is 0 Å². The zero-order chi connectivity index (χ0) is 33.3. The number of primary amides is 1. The van der Waals surface area contributed by atoms with Crippen molar-refractivity contribution in [2.24, 2.45) is 11.1 Å². The van der Waals surface area contributed by atoms with Crippen molar-refractivity contribution in [1.82, 2.24) is 24.7 Å². The number of hydrogen-bond acceptors (Lipinski definition) is 8. The topological polar surface area (TPSA) is 137 Å². The van der Waals surface area contributed by atoms with Gasteiger partial charge in [0.05, 0.1) is 5.69 Å². The Labute approximate surface area is 269 Å². The number of ether oxygens (including phenoxy) is 1. The van der Waals surface area contributed by atoms with E-state index in [0.29, 0.717) is 19.1 Å². The summed E-state index contributed by atoms with van der Waals surface area (Å²) in [6, 6.07) is 7.34. The molecule has 4 amide bonds. The summed E-state index contributed by atoms with van der Waals surface area (Å²) in [6.45, 7) is 5.28. The molecule has 3 aliphatic rings. The van der Waals surface area contributed by atoms with E-state index < -0.39 is 46.1 Å². The van der Waals surface area contributed by atoms with Gasteiger partial charge >= 0.3 is 6.03 Å². The number of halogens is 3. The van der Waals surface area contributed by atoms with Crippen LogP contribution in [0.4, 0.5) is 35.2 Å². The van der Waals surface area contributed by atoms with Crippen LogP contribution < -0.4 is 20.7 Å². The first-order valence-electron chi connectivity index (χ1n) is 15.4. The van der Waals surface area contributed by atoms with E-state index in [-0.39, 0.29) is 36.3 Å². The quantitative estimate of drug-likeness (QED) is 0.350. The molecule has 0 spiro atoms. The van der Waals surface area contributed by atoms with Crippen molar-refractivity contribution >= 4 is 35.0 Å². The predicted octanol–water partition coefficient (Wildman–Crippen LogP) is 3.86. The lowest BCUT2D eigenvalue weighted by molar-refractivity contribution is -0.133. The van der Waals surface area contributed by atoms with Gasteiger partial charge < -0.3 is 20.3 Å². The average Bonchev–Trinajstić information content (AvgIpc) is 3.88. The molecule has 15 heteroatoms. The third-order valence-electron chi connectivity index (χ3n) is 9.06. The van der Waals surface area contributed by atoms with E-state index in [1.807, 2.05) is 0 Å². The lowest BCUT2D eigenvalue weighted by Crippen LogP contribution is -2.53. The van der Waals surface area contributed by atoms with E-state index in [4.69, 9.17) is 10.5 Å². The summed E-state index contributed by atoms with van der Waals surface area (Å²) >= 11 is 0. The highest BCUT2D eigenvalue weighted by Crippen LogP contribution is 2.49. The molecule has 0 atom stereocenters. The first-order chi connectivity index (χ1) is 22.5. The molecule has 1 aromatic heterocycles. The van der Waals surface area contributed by atoms with Gasteiger partial charge in [-0.3, -0.25) is 24.7 Å². The number of urea groups is 1. The first-order valence-corrected chi connectivity index (χ1v) is 15.4. The zero-order valence-corrected chi connectivity index (χ0v) is 25.8. The highest BCUT2D eigenvalue weighted by Gasteiger charge is 2.57. The number of aromatic nitrogens is 2. The van der Waals surface area contributed by atoms with E-state index in [2.05, 4.69) is 32.1 Å². The van der Waals surface area contributed by atoms with Crippen LogP contribution in [0.15, 0.2) is 48.8 Å². The summed E-state index contributed by atoms with van der Waals surface area (Å²) in [5, 5.41) is 2.71. The fourth-order valence-corrected chi connectivity index (χ4v) is 6.01. The normalized spacial score (nSPS) is 18.4. The van der Waals surface area contributed by atoms with Gasteiger partial charge in [0.2, 0.25) is 17.7 Å². The highest BCUT2D eigenvalue weighted by atomic mass is 19.1. The van der Waals surface area contributed by atoms with Crippen molar-refractivity contribution in [1.29, 1.82) is 0 Å². The number of amides is 4. The molecule has 2 saturated heterocycles. The van der Waals surface area contributed by atoms with Gasteiger partial charge in [0.15, 0.2) is 17.4 Å². The maximum absolute atomic E-state index is 15.6. The van der Waals surface area contributed by atoms with Crippen molar-refractivity contribution < 1.29 is 32.3 Å². The van der Waals surface area contributed by atoms with E-state index >= 15 is 8.78 Å². The minimum absolute atomic E-state index is 0.00984. The highest BCUT2D eigenvalue weighted by molar-refractivity contribution is 6.16. The standard InChI is InChI=1S/C32H35F3N8O4/c1-40-12-14-41(15-13-40)21-6-10-42(11-7-21)31(46)39-27-18-28(38-19-37-27)47-26-17-23(34)25(16-24(26)35)43(22-4-2-20(33)3-5-22)30(45)32(8-9-32)29(36)44/h2-5,16-19,21H,6-15H2,1H3,(H2,36,44)(H,37,38,39,46). The predicted molar refractivity (Wildman–Crippen MR) is 166 cm³/mol. The second-order valence-electron chi connectivity index (χ2n) is 12.1. The molecule has 6 rings (SSSR count). The van der Waals surface area contributed by atoms with E-state index in [0.717, 1.165) is 74.5 Å². The number of nitrogens with one attached hydrogen (secondary N) is 1. The molecule has 1 aliphatic carbocycles. The van der Waals surface area contributed by atoms with Crippen molar-refractivity contribution in [3.63, 3.8) is 0 Å². The second-order valence-corrected chi connectivity index (χ2v) is 12.1. The van der Waals surface area contributed by atoms with Crippen LogP contribution in [0.3, 0.4) is 0 Å². The lowest BCUT2D eigenvalue weighted by Gasteiger charge is -2.42. The number of piperazine rings is 1. The first kappa shape index (κ1) is 32.2. The van der Waals surface area contributed by atoms with Crippen molar-refractivity contribution in [2.75, 3.05) is 56.5 Å². The third kappa shape index (κ3) is 6.86. The summed E-state index contributed by atoms with van der Waals surface area (Å²) < 4.78 is 50.2. The van der Waals surface area contributed by atoms with Crippen LogP contribution >= 0.6 is 0 Å². The number of likely N-dealkylation sites (tertiary alicyclic amines) is 1. The molecule has 0 unspecified atom stereocenters. The van der Waals surface area contributed by atoms with Gasteiger partial charge in [-0.25, -0.2) is 27.9 Å². The maximum Gasteiger partial charge on any atom is 0.323 e. The summed E-state index contributed by atoms with van der Waals surface area (Å²) in [6.07, 6.45) is 3.13. The Balaban J connectivity index is 1.14. The van der Waals surface area contributed by atoms with Gasteiger partial charge in [-0.1, -0.05) is 0 Å². The second kappa shape index (κ2) is 13.2. The van der Waals surface area contributed by atoms with Crippen LogP contribution in [0.5, 0.6) is 11.6 Å². The van der Waals surface area contributed by atoms with Gasteiger partial charge in [-0.05, 0) is 57.0 Å². The fraction of sp³-hybridized carbons (Fsp3) is 0.406. The summed E-state index contributed by atoms with van der Waals surface area (Å²) in [7, 11) is 2.12. The Kier molecular flexibility index (Phi) is 9.01. The third-order valence-corrected chi connectivity index (χ3v) is 9.06. The Bertz CT molecular complexity index is 1660. The van der Waals surface area contributed by atoms with Crippen molar-refractivity contribution in [2.45, 2.75) is 31.7 Å². The largest absolute Gasteiger partial charge is 0.436 e. The van der Waals surface area contributed by atoms with Crippen LogP contribution in [0.2, 0.25) is 0 Å². The zero-order valence-electron chi connectivity index (χ0n) is 25.8. The number of carbonyl (C=O) groups is 3. The molecule has 3 N–H and O–H groups in total. The molecule has 248 valence electrons.